The number of rotatable bonds is 8. The summed E-state index contributed by atoms with van der Waals surface area (Å²) in [4.78, 5) is 32.4. The molecule has 0 aliphatic heterocycles. The summed E-state index contributed by atoms with van der Waals surface area (Å²) in [7, 11) is 1.57. The standard InChI is InChI=1S/C27H28N2O6/c1-15(2)33-26(30)17-6-8-18(9-7-17)35-19-10-11-22-20(12-19)24-21(14-32-5)25(27(31)34-16(3)4)28-13-23(24)29-22/h6-13,15-16,29H,14H2,1-5H3. The SMILES string of the molecule is COCc1c(C(=O)OC(C)C)ncc2[nH]c3ccc(Oc4ccc(C(=O)OC(C)C)cc4)cc3c12. The van der Waals surface area contributed by atoms with Crippen LogP contribution in [0.5, 0.6) is 11.5 Å². The van der Waals surface area contributed by atoms with Crippen molar-refractivity contribution in [1.29, 1.82) is 0 Å². The first-order valence-electron chi connectivity index (χ1n) is 11.4. The number of benzene rings is 2. The molecule has 0 saturated carbocycles. The molecule has 182 valence electrons. The molecule has 4 rings (SSSR count). The highest BCUT2D eigenvalue weighted by atomic mass is 16.5. The predicted molar refractivity (Wildman–Crippen MR) is 132 cm³/mol. The maximum Gasteiger partial charge on any atom is 0.357 e. The van der Waals surface area contributed by atoms with Crippen LogP contribution in [0.25, 0.3) is 21.8 Å². The van der Waals surface area contributed by atoms with Crippen molar-refractivity contribution in [3.8, 4) is 11.5 Å². The van der Waals surface area contributed by atoms with Gasteiger partial charge in [-0.3, -0.25) is 0 Å². The number of aromatic nitrogens is 2. The lowest BCUT2D eigenvalue weighted by atomic mass is 10.1. The zero-order valence-electron chi connectivity index (χ0n) is 20.4. The second-order valence-corrected chi connectivity index (χ2v) is 8.67. The summed E-state index contributed by atoms with van der Waals surface area (Å²) in [6.45, 7) is 7.39. The summed E-state index contributed by atoms with van der Waals surface area (Å²) >= 11 is 0. The van der Waals surface area contributed by atoms with Gasteiger partial charge in [0, 0.05) is 29.0 Å². The predicted octanol–water partition coefficient (Wildman–Crippen LogP) is 5.79. The Bertz CT molecular complexity index is 1370. The van der Waals surface area contributed by atoms with Crippen LogP contribution in [0, 0.1) is 0 Å². The molecule has 35 heavy (non-hydrogen) atoms. The number of ether oxygens (including phenoxy) is 4. The van der Waals surface area contributed by atoms with Crippen molar-refractivity contribution in [2.45, 2.75) is 46.5 Å². The molecule has 0 aliphatic rings. The summed E-state index contributed by atoms with van der Waals surface area (Å²) in [5.41, 5.74) is 2.97. The molecule has 0 bridgehead atoms. The van der Waals surface area contributed by atoms with E-state index in [4.69, 9.17) is 18.9 Å². The molecule has 1 N–H and O–H groups in total. The molecule has 0 fully saturated rings. The van der Waals surface area contributed by atoms with Crippen LogP contribution in [0.4, 0.5) is 0 Å². The van der Waals surface area contributed by atoms with Crippen LogP contribution in [0.3, 0.4) is 0 Å². The van der Waals surface area contributed by atoms with Gasteiger partial charge in [0.05, 0.1) is 36.1 Å². The van der Waals surface area contributed by atoms with E-state index in [0.29, 0.717) is 22.6 Å². The number of aromatic amines is 1. The van der Waals surface area contributed by atoms with Crippen molar-refractivity contribution in [2.75, 3.05) is 7.11 Å². The molecule has 4 aromatic rings. The maximum absolute atomic E-state index is 12.7. The van der Waals surface area contributed by atoms with Gasteiger partial charge in [0.2, 0.25) is 0 Å². The molecule has 0 saturated heterocycles. The Labute approximate surface area is 203 Å². The van der Waals surface area contributed by atoms with E-state index < -0.39 is 5.97 Å². The van der Waals surface area contributed by atoms with Gasteiger partial charge in [0.25, 0.3) is 0 Å². The molecular weight excluding hydrogens is 448 g/mol. The molecule has 0 spiro atoms. The fourth-order valence-corrected chi connectivity index (χ4v) is 3.81. The number of H-pyrrole nitrogens is 1. The number of hydrogen-bond donors (Lipinski definition) is 1. The van der Waals surface area contributed by atoms with Gasteiger partial charge in [-0.05, 0) is 70.2 Å². The first-order chi connectivity index (χ1) is 16.8. The second-order valence-electron chi connectivity index (χ2n) is 8.67. The third-order valence-corrected chi connectivity index (χ3v) is 5.20. The van der Waals surface area contributed by atoms with E-state index in [-0.39, 0.29) is 30.5 Å². The summed E-state index contributed by atoms with van der Waals surface area (Å²) in [6.07, 6.45) is 1.17. The van der Waals surface area contributed by atoms with Crippen molar-refractivity contribution in [1.82, 2.24) is 9.97 Å². The van der Waals surface area contributed by atoms with E-state index in [1.165, 1.54) is 0 Å². The minimum atomic E-state index is -0.494. The Hall–Kier alpha value is -3.91. The highest BCUT2D eigenvalue weighted by molar-refractivity contribution is 6.11. The third kappa shape index (κ3) is 5.27. The first-order valence-corrected chi connectivity index (χ1v) is 11.4. The van der Waals surface area contributed by atoms with Gasteiger partial charge in [-0.15, -0.1) is 0 Å². The molecule has 2 aromatic carbocycles. The van der Waals surface area contributed by atoms with Gasteiger partial charge in [-0.1, -0.05) is 0 Å². The van der Waals surface area contributed by atoms with Crippen LogP contribution in [0.15, 0.2) is 48.7 Å². The number of fused-ring (bicyclic) bond motifs is 3. The summed E-state index contributed by atoms with van der Waals surface area (Å²) in [5.74, 6) is 0.303. The lowest BCUT2D eigenvalue weighted by Gasteiger charge is -2.12. The summed E-state index contributed by atoms with van der Waals surface area (Å²) in [6, 6.07) is 12.4. The van der Waals surface area contributed by atoms with Gasteiger partial charge in [-0.25, -0.2) is 14.6 Å². The van der Waals surface area contributed by atoms with Crippen LogP contribution < -0.4 is 4.74 Å². The molecule has 2 heterocycles. The van der Waals surface area contributed by atoms with Crippen LogP contribution in [0.2, 0.25) is 0 Å². The zero-order valence-corrected chi connectivity index (χ0v) is 20.4. The van der Waals surface area contributed by atoms with Crippen molar-refractivity contribution >= 4 is 33.7 Å². The van der Waals surface area contributed by atoms with E-state index in [0.717, 1.165) is 21.8 Å². The average molecular weight is 477 g/mol. The van der Waals surface area contributed by atoms with Gasteiger partial charge < -0.3 is 23.9 Å². The molecule has 8 nitrogen and oxygen atoms in total. The van der Waals surface area contributed by atoms with Crippen LogP contribution in [-0.4, -0.2) is 41.2 Å². The van der Waals surface area contributed by atoms with Crippen molar-refractivity contribution in [2.24, 2.45) is 0 Å². The number of hydrogen-bond acceptors (Lipinski definition) is 7. The Balaban J connectivity index is 1.70. The minimum absolute atomic E-state index is 0.188. The average Bonchev–Trinajstić information content (AvgIpc) is 3.17. The van der Waals surface area contributed by atoms with Crippen molar-refractivity contribution in [3.63, 3.8) is 0 Å². The Morgan fingerprint density at radius 2 is 1.54 bits per heavy atom. The summed E-state index contributed by atoms with van der Waals surface area (Å²) < 4.78 is 22.1. The molecule has 8 heteroatoms. The van der Waals surface area contributed by atoms with Crippen LogP contribution >= 0.6 is 0 Å². The highest BCUT2D eigenvalue weighted by Crippen LogP contribution is 2.34. The number of nitrogens with one attached hydrogen (secondary N) is 1. The third-order valence-electron chi connectivity index (χ3n) is 5.20. The Kier molecular flexibility index (Phi) is 7.02. The smallest absolute Gasteiger partial charge is 0.357 e. The largest absolute Gasteiger partial charge is 0.459 e. The van der Waals surface area contributed by atoms with Gasteiger partial charge in [0.1, 0.15) is 11.5 Å². The Morgan fingerprint density at radius 3 is 2.20 bits per heavy atom. The minimum Gasteiger partial charge on any atom is -0.459 e. The van der Waals surface area contributed by atoms with E-state index in [1.807, 2.05) is 18.2 Å². The quantitative estimate of drug-likeness (QED) is 0.322. The lowest BCUT2D eigenvalue weighted by Crippen LogP contribution is -2.15. The summed E-state index contributed by atoms with van der Waals surface area (Å²) in [5, 5.41) is 1.69. The van der Waals surface area contributed by atoms with Crippen LogP contribution in [-0.2, 0) is 20.8 Å². The number of methoxy groups -OCH3 is 1. The Morgan fingerprint density at radius 1 is 0.886 bits per heavy atom. The molecule has 0 aliphatic carbocycles. The topological polar surface area (TPSA) is 99.7 Å². The monoisotopic (exact) mass is 476 g/mol. The van der Waals surface area contributed by atoms with Gasteiger partial charge >= 0.3 is 11.9 Å². The molecule has 0 atom stereocenters. The number of carbonyl (C=O) groups excluding carboxylic acids is 2. The number of carbonyl (C=O) groups is 2. The molecule has 2 aromatic heterocycles. The molecule has 0 radical (unpaired) electrons. The number of pyridine rings is 1. The highest BCUT2D eigenvalue weighted by Gasteiger charge is 2.21. The normalized spacial score (nSPS) is 11.4. The van der Waals surface area contributed by atoms with E-state index in [9.17, 15) is 9.59 Å². The number of nitrogens with zero attached hydrogens (tertiary/aromatic N) is 1. The van der Waals surface area contributed by atoms with Crippen molar-refractivity contribution in [3.05, 3.63) is 65.5 Å². The lowest BCUT2D eigenvalue weighted by molar-refractivity contribution is 0.0360. The molecular formula is C27H28N2O6. The number of esters is 2. The van der Waals surface area contributed by atoms with Crippen molar-refractivity contribution < 1.29 is 28.5 Å². The van der Waals surface area contributed by atoms with Gasteiger partial charge in [0.15, 0.2) is 5.69 Å². The zero-order chi connectivity index (χ0) is 25.1. The molecule has 0 amide bonds. The maximum atomic E-state index is 12.7. The second kappa shape index (κ2) is 10.1. The van der Waals surface area contributed by atoms with E-state index in [2.05, 4.69) is 9.97 Å². The van der Waals surface area contributed by atoms with E-state index >= 15 is 0 Å². The fourth-order valence-electron chi connectivity index (χ4n) is 3.81. The van der Waals surface area contributed by atoms with E-state index in [1.54, 1.807) is 65.3 Å². The molecule has 0 unspecified atom stereocenters. The van der Waals surface area contributed by atoms with Crippen LogP contribution in [0.1, 0.15) is 54.1 Å². The first kappa shape index (κ1) is 24.2. The fraction of sp³-hybridized carbons (Fsp3) is 0.296. The van der Waals surface area contributed by atoms with Gasteiger partial charge in [-0.2, -0.15) is 0 Å².